The Balaban J connectivity index is 1.98. The van der Waals surface area contributed by atoms with Crippen molar-refractivity contribution < 1.29 is 9.13 Å². The zero-order valence-electron chi connectivity index (χ0n) is 12.4. The molecule has 0 aromatic heterocycles. The van der Waals surface area contributed by atoms with Crippen LogP contribution in [-0.2, 0) is 11.3 Å². The third kappa shape index (κ3) is 5.94. The Morgan fingerprint density at radius 1 is 1.23 bits per heavy atom. The van der Waals surface area contributed by atoms with Crippen molar-refractivity contribution in [2.45, 2.75) is 13.0 Å². The summed E-state index contributed by atoms with van der Waals surface area (Å²) in [4.78, 5) is 4.21. The van der Waals surface area contributed by atoms with Crippen LogP contribution in [-0.4, -0.2) is 26.2 Å². The lowest BCUT2D eigenvalue weighted by Crippen LogP contribution is -2.08. The minimum absolute atomic E-state index is 0.135. The van der Waals surface area contributed by atoms with E-state index in [1.165, 1.54) is 0 Å². The largest absolute Gasteiger partial charge is 0.374 e. The topological polar surface area (TPSA) is 33.6 Å². The lowest BCUT2D eigenvalue weighted by molar-refractivity contribution is 0.106. The van der Waals surface area contributed by atoms with Crippen molar-refractivity contribution in [2.75, 3.05) is 19.8 Å². The summed E-state index contributed by atoms with van der Waals surface area (Å²) < 4.78 is 17.1. The normalized spacial score (nSPS) is 17.8. The number of aliphatic imine (C=N–C) groups is 1. The van der Waals surface area contributed by atoms with Crippen LogP contribution >= 0.6 is 0 Å². The number of benzene rings is 1. The van der Waals surface area contributed by atoms with Crippen molar-refractivity contribution in [1.82, 2.24) is 5.32 Å². The molecule has 0 atom stereocenters. The minimum atomic E-state index is -0.455. The molecule has 0 bridgehead atoms. The van der Waals surface area contributed by atoms with Gasteiger partial charge < -0.3 is 10.1 Å². The number of rotatable bonds is 4. The van der Waals surface area contributed by atoms with Crippen LogP contribution in [0.25, 0.3) is 0 Å². The van der Waals surface area contributed by atoms with Crippen molar-refractivity contribution in [3.63, 3.8) is 0 Å². The van der Waals surface area contributed by atoms with E-state index in [9.17, 15) is 4.39 Å². The van der Waals surface area contributed by atoms with Crippen molar-refractivity contribution in [3.8, 4) is 11.8 Å². The van der Waals surface area contributed by atoms with Gasteiger partial charge in [0.15, 0.2) is 0 Å². The highest BCUT2D eigenvalue weighted by atomic mass is 19.1. The van der Waals surface area contributed by atoms with Crippen LogP contribution in [0, 0.1) is 11.8 Å². The van der Waals surface area contributed by atoms with Crippen molar-refractivity contribution in [3.05, 3.63) is 59.3 Å². The monoisotopic (exact) mass is 298 g/mol. The van der Waals surface area contributed by atoms with Gasteiger partial charge in [0, 0.05) is 12.1 Å². The molecule has 4 heteroatoms. The molecule has 1 aromatic carbocycles. The molecule has 1 N–H and O–H groups in total. The molecule has 22 heavy (non-hydrogen) atoms. The van der Waals surface area contributed by atoms with E-state index in [-0.39, 0.29) is 6.61 Å². The van der Waals surface area contributed by atoms with E-state index in [2.05, 4.69) is 28.2 Å². The highest BCUT2D eigenvalue weighted by molar-refractivity contribution is 5.60. The molecule has 0 saturated heterocycles. The highest BCUT2D eigenvalue weighted by Crippen LogP contribution is 2.05. The van der Waals surface area contributed by atoms with Crippen LogP contribution in [0.3, 0.4) is 0 Å². The molecule has 1 heterocycles. The summed E-state index contributed by atoms with van der Waals surface area (Å²) in [6.45, 7) is 0.884. The Morgan fingerprint density at radius 3 is 2.91 bits per heavy atom. The predicted octanol–water partition coefficient (Wildman–Crippen LogP) is 2.99. The summed E-state index contributed by atoms with van der Waals surface area (Å²) in [6, 6.07) is 7.74. The molecule has 0 amide bonds. The SMILES string of the molecule is FCCOCc1ccc(C#C/C2=C/C=C/CCN=CN2)cc1. The van der Waals surface area contributed by atoms with Gasteiger partial charge in [0.2, 0.25) is 0 Å². The number of nitrogens with one attached hydrogen (secondary N) is 1. The first-order valence-electron chi connectivity index (χ1n) is 7.25. The van der Waals surface area contributed by atoms with Gasteiger partial charge in [0.1, 0.15) is 6.67 Å². The standard InChI is InChI=1S/C18H19FN2O/c19-11-13-22-14-17-7-5-16(6-8-17)9-10-18-4-2-1-3-12-20-15-21-18/h1-2,4-8,15H,3,11-14H2,(H,20,21)/b2-1+,18-4-. The lowest BCUT2D eigenvalue weighted by atomic mass is 10.1. The fourth-order valence-corrected chi connectivity index (χ4v) is 1.78. The zero-order valence-corrected chi connectivity index (χ0v) is 12.4. The lowest BCUT2D eigenvalue weighted by Gasteiger charge is -2.01. The Bertz CT molecular complexity index is 606. The molecule has 0 spiro atoms. The molecule has 0 unspecified atom stereocenters. The molecule has 0 saturated carbocycles. The second-order valence-electron chi connectivity index (χ2n) is 4.67. The third-order valence-electron chi connectivity index (χ3n) is 2.92. The second kappa shape index (κ2) is 9.54. The molecule has 114 valence electrons. The van der Waals surface area contributed by atoms with Crippen molar-refractivity contribution in [2.24, 2.45) is 4.99 Å². The predicted molar refractivity (Wildman–Crippen MR) is 87.3 cm³/mol. The van der Waals surface area contributed by atoms with Crippen LogP contribution in [0.5, 0.6) is 0 Å². The maximum Gasteiger partial charge on any atom is 0.113 e. The summed E-state index contributed by atoms with van der Waals surface area (Å²) in [7, 11) is 0. The van der Waals surface area contributed by atoms with E-state index in [4.69, 9.17) is 4.74 Å². The summed E-state index contributed by atoms with van der Waals surface area (Å²) in [5, 5.41) is 3.07. The summed E-state index contributed by atoms with van der Waals surface area (Å²) in [6.07, 6.45) is 8.60. The molecule has 0 aliphatic carbocycles. The number of hydrogen-bond donors (Lipinski definition) is 1. The van der Waals surface area contributed by atoms with E-state index in [0.29, 0.717) is 6.61 Å². The van der Waals surface area contributed by atoms with Gasteiger partial charge in [-0.05, 0) is 36.1 Å². The van der Waals surface area contributed by atoms with E-state index in [1.807, 2.05) is 36.4 Å². The third-order valence-corrected chi connectivity index (χ3v) is 2.92. The number of nitrogens with zero attached hydrogens (tertiary/aromatic N) is 1. The van der Waals surface area contributed by atoms with Crippen LogP contribution in [0.15, 0.2) is 53.2 Å². The first-order valence-corrected chi connectivity index (χ1v) is 7.25. The Labute approximate surface area is 130 Å². The molecular weight excluding hydrogens is 279 g/mol. The molecule has 1 aliphatic heterocycles. The number of allylic oxidation sites excluding steroid dienone is 3. The van der Waals surface area contributed by atoms with Gasteiger partial charge in [0.25, 0.3) is 0 Å². The molecule has 2 rings (SSSR count). The van der Waals surface area contributed by atoms with Crippen molar-refractivity contribution >= 4 is 6.34 Å². The number of halogens is 1. The summed E-state index contributed by atoms with van der Waals surface area (Å²) in [5.41, 5.74) is 2.73. The second-order valence-corrected chi connectivity index (χ2v) is 4.67. The fourth-order valence-electron chi connectivity index (χ4n) is 1.78. The van der Waals surface area contributed by atoms with E-state index in [0.717, 1.165) is 29.8 Å². The van der Waals surface area contributed by atoms with Crippen LogP contribution in [0.4, 0.5) is 4.39 Å². The Hall–Kier alpha value is -2.38. The van der Waals surface area contributed by atoms with Crippen LogP contribution < -0.4 is 5.32 Å². The fraction of sp³-hybridized carbons (Fsp3) is 0.278. The first-order chi connectivity index (χ1) is 10.9. The van der Waals surface area contributed by atoms with E-state index < -0.39 is 6.67 Å². The molecular formula is C18H19FN2O. The number of hydrogen-bond acceptors (Lipinski definition) is 3. The van der Waals surface area contributed by atoms with Gasteiger partial charge in [-0.3, -0.25) is 4.99 Å². The van der Waals surface area contributed by atoms with Gasteiger partial charge in [-0.25, -0.2) is 4.39 Å². The van der Waals surface area contributed by atoms with E-state index in [1.54, 1.807) is 6.34 Å². The molecule has 1 aromatic rings. The van der Waals surface area contributed by atoms with Gasteiger partial charge in [-0.1, -0.05) is 30.2 Å². The van der Waals surface area contributed by atoms with Gasteiger partial charge in [-0.15, -0.1) is 0 Å². The average molecular weight is 298 g/mol. The first kappa shape index (κ1) is 16.0. The quantitative estimate of drug-likeness (QED) is 0.685. The van der Waals surface area contributed by atoms with Crippen LogP contribution in [0.1, 0.15) is 17.5 Å². The maximum absolute atomic E-state index is 11.9. The van der Waals surface area contributed by atoms with Crippen molar-refractivity contribution in [1.29, 1.82) is 0 Å². The Kier molecular flexibility index (Phi) is 6.94. The van der Waals surface area contributed by atoms with Gasteiger partial charge >= 0.3 is 0 Å². The number of alkyl halides is 1. The smallest absolute Gasteiger partial charge is 0.113 e. The number of ether oxygens (including phenoxy) is 1. The minimum Gasteiger partial charge on any atom is -0.374 e. The maximum atomic E-state index is 11.9. The highest BCUT2D eigenvalue weighted by Gasteiger charge is 1.94. The molecule has 0 fully saturated rings. The summed E-state index contributed by atoms with van der Waals surface area (Å²) in [5.74, 6) is 6.18. The molecule has 3 nitrogen and oxygen atoms in total. The molecule has 0 radical (unpaired) electrons. The summed E-state index contributed by atoms with van der Waals surface area (Å²) >= 11 is 0. The average Bonchev–Trinajstić information content (AvgIpc) is 2.68. The Morgan fingerprint density at radius 2 is 2.09 bits per heavy atom. The molecule has 1 aliphatic rings. The van der Waals surface area contributed by atoms with Gasteiger partial charge in [0.05, 0.1) is 25.2 Å². The van der Waals surface area contributed by atoms with Crippen LogP contribution in [0.2, 0.25) is 0 Å². The van der Waals surface area contributed by atoms with E-state index >= 15 is 0 Å². The van der Waals surface area contributed by atoms with Gasteiger partial charge in [-0.2, -0.15) is 0 Å². The zero-order chi connectivity index (χ0) is 15.5.